The third-order valence-corrected chi connectivity index (χ3v) is 2.97. The van der Waals surface area contributed by atoms with E-state index in [9.17, 15) is 4.79 Å². The molecule has 0 fully saturated rings. The van der Waals surface area contributed by atoms with Crippen molar-refractivity contribution in [3.05, 3.63) is 23.3 Å². The fraction of sp³-hybridized carbons (Fsp3) is 0.500. The number of nitrogens with zero attached hydrogens (tertiary/aromatic N) is 1. The lowest BCUT2D eigenvalue weighted by atomic mass is 9.95. The van der Waals surface area contributed by atoms with Gasteiger partial charge in [0.05, 0.1) is 20.1 Å². The van der Waals surface area contributed by atoms with Crippen LogP contribution in [0.5, 0.6) is 11.5 Å². The van der Waals surface area contributed by atoms with E-state index < -0.39 is 0 Å². The average molecular weight is 266 g/mol. The van der Waals surface area contributed by atoms with Crippen LogP contribution in [-0.4, -0.2) is 39.2 Å². The van der Waals surface area contributed by atoms with Crippen molar-refractivity contribution in [1.29, 1.82) is 0 Å². The molecule has 0 bridgehead atoms. The van der Waals surface area contributed by atoms with Crippen LogP contribution >= 0.6 is 0 Å². The minimum absolute atomic E-state index is 0.0553. The van der Waals surface area contributed by atoms with Crippen molar-refractivity contribution in [2.24, 2.45) is 0 Å². The molecule has 5 heteroatoms. The standard InChI is InChI=1S/C14H22N2O3/c1-9-7-12(18-5)13(19-6)8-11(9)10(2)14(17)15-16(3)4/h7-8,10H,1-6H3,(H,15,17). The Morgan fingerprint density at radius 1 is 1.21 bits per heavy atom. The second-order valence-electron chi connectivity index (χ2n) is 4.66. The highest BCUT2D eigenvalue weighted by Gasteiger charge is 2.20. The van der Waals surface area contributed by atoms with Gasteiger partial charge >= 0.3 is 0 Å². The van der Waals surface area contributed by atoms with E-state index in [0.717, 1.165) is 11.1 Å². The van der Waals surface area contributed by atoms with Gasteiger partial charge in [0, 0.05) is 14.1 Å². The van der Waals surface area contributed by atoms with Gasteiger partial charge in [-0.05, 0) is 37.1 Å². The molecule has 5 nitrogen and oxygen atoms in total. The van der Waals surface area contributed by atoms with Crippen LogP contribution in [0, 0.1) is 6.92 Å². The first-order chi connectivity index (χ1) is 8.90. The van der Waals surface area contributed by atoms with Crippen molar-refractivity contribution in [3.63, 3.8) is 0 Å². The van der Waals surface area contributed by atoms with E-state index in [1.807, 2.05) is 26.0 Å². The van der Waals surface area contributed by atoms with Gasteiger partial charge in [-0.2, -0.15) is 0 Å². The average Bonchev–Trinajstić information content (AvgIpc) is 2.36. The number of hydrogen-bond donors (Lipinski definition) is 1. The molecule has 1 N–H and O–H groups in total. The van der Waals surface area contributed by atoms with Crippen molar-refractivity contribution in [3.8, 4) is 11.5 Å². The van der Waals surface area contributed by atoms with E-state index in [-0.39, 0.29) is 11.8 Å². The summed E-state index contributed by atoms with van der Waals surface area (Å²) in [7, 11) is 6.75. The molecule has 1 aromatic carbocycles. The molecule has 0 aliphatic rings. The van der Waals surface area contributed by atoms with Crippen LogP contribution in [0.2, 0.25) is 0 Å². The van der Waals surface area contributed by atoms with Crippen LogP contribution in [0.3, 0.4) is 0 Å². The normalized spacial score (nSPS) is 12.2. The van der Waals surface area contributed by atoms with E-state index in [1.165, 1.54) is 0 Å². The van der Waals surface area contributed by atoms with Crippen molar-refractivity contribution >= 4 is 5.91 Å². The first-order valence-corrected chi connectivity index (χ1v) is 6.11. The Balaban J connectivity index is 3.09. The van der Waals surface area contributed by atoms with Gasteiger partial charge in [-0.1, -0.05) is 0 Å². The Morgan fingerprint density at radius 3 is 2.21 bits per heavy atom. The molecule has 106 valence electrons. The van der Waals surface area contributed by atoms with E-state index in [2.05, 4.69) is 5.43 Å². The number of carbonyl (C=O) groups excluding carboxylic acids is 1. The zero-order valence-electron chi connectivity index (χ0n) is 12.4. The summed E-state index contributed by atoms with van der Waals surface area (Å²) in [6, 6.07) is 3.74. The minimum atomic E-state index is -0.262. The Hall–Kier alpha value is -1.75. The van der Waals surface area contributed by atoms with Gasteiger partial charge in [-0.15, -0.1) is 0 Å². The van der Waals surface area contributed by atoms with Crippen molar-refractivity contribution in [2.45, 2.75) is 19.8 Å². The summed E-state index contributed by atoms with van der Waals surface area (Å²) < 4.78 is 10.5. The lowest BCUT2D eigenvalue weighted by Gasteiger charge is -2.20. The van der Waals surface area contributed by atoms with Gasteiger partial charge in [-0.3, -0.25) is 10.2 Å². The number of amides is 1. The smallest absolute Gasteiger partial charge is 0.241 e. The van der Waals surface area contributed by atoms with Crippen molar-refractivity contribution in [1.82, 2.24) is 10.4 Å². The minimum Gasteiger partial charge on any atom is -0.493 e. The number of hydrogen-bond acceptors (Lipinski definition) is 4. The van der Waals surface area contributed by atoms with Gasteiger partial charge in [0.2, 0.25) is 5.91 Å². The summed E-state index contributed by atoms with van der Waals surface area (Å²) in [6.45, 7) is 3.82. The SMILES string of the molecule is COc1cc(C)c(C(C)C(=O)NN(C)C)cc1OC. The highest BCUT2D eigenvalue weighted by atomic mass is 16.5. The molecule has 0 aliphatic heterocycles. The number of nitrogens with one attached hydrogen (secondary N) is 1. The molecule has 0 saturated heterocycles. The maximum Gasteiger partial charge on any atom is 0.241 e. The summed E-state index contributed by atoms with van der Waals surface area (Å²) in [6.07, 6.45) is 0. The summed E-state index contributed by atoms with van der Waals surface area (Å²) in [5.74, 6) is 0.985. The number of methoxy groups -OCH3 is 2. The molecular formula is C14H22N2O3. The fourth-order valence-corrected chi connectivity index (χ4v) is 1.92. The van der Waals surface area contributed by atoms with E-state index in [4.69, 9.17) is 9.47 Å². The molecule has 0 heterocycles. The third-order valence-electron chi connectivity index (χ3n) is 2.97. The summed E-state index contributed by atoms with van der Waals surface area (Å²) in [5, 5.41) is 1.63. The Kier molecular flexibility index (Phi) is 5.18. The number of hydrazine groups is 1. The van der Waals surface area contributed by atoms with Crippen LogP contribution in [0.1, 0.15) is 24.0 Å². The lowest BCUT2D eigenvalue weighted by Crippen LogP contribution is -2.38. The summed E-state index contributed by atoms with van der Waals surface area (Å²) in [4.78, 5) is 12.0. The Bertz CT molecular complexity index is 458. The predicted molar refractivity (Wildman–Crippen MR) is 74.5 cm³/mol. The van der Waals surface area contributed by atoms with E-state index >= 15 is 0 Å². The molecule has 0 aliphatic carbocycles. The second-order valence-corrected chi connectivity index (χ2v) is 4.66. The van der Waals surface area contributed by atoms with Crippen molar-refractivity contribution < 1.29 is 14.3 Å². The zero-order valence-corrected chi connectivity index (χ0v) is 12.4. The molecule has 0 radical (unpaired) electrons. The number of aryl methyl sites for hydroxylation is 1. The maximum absolute atomic E-state index is 12.0. The largest absolute Gasteiger partial charge is 0.493 e. The van der Waals surface area contributed by atoms with E-state index in [1.54, 1.807) is 33.3 Å². The summed E-state index contributed by atoms with van der Waals surface area (Å²) >= 11 is 0. The third kappa shape index (κ3) is 3.61. The molecule has 1 atom stereocenters. The molecule has 0 aromatic heterocycles. The molecule has 0 saturated carbocycles. The number of rotatable bonds is 5. The molecule has 0 spiro atoms. The topological polar surface area (TPSA) is 50.8 Å². The van der Waals surface area contributed by atoms with Gasteiger partial charge in [0.15, 0.2) is 11.5 Å². The molecule has 1 unspecified atom stereocenters. The monoisotopic (exact) mass is 266 g/mol. The van der Waals surface area contributed by atoms with Crippen LogP contribution in [0.4, 0.5) is 0 Å². The fourth-order valence-electron chi connectivity index (χ4n) is 1.92. The van der Waals surface area contributed by atoms with Gasteiger partial charge in [-0.25, -0.2) is 5.01 Å². The second kappa shape index (κ2) is 6.43. The lowest BCUT2D eigenvalue weighted by molar-refractivity contribution is -0.126. The number of ether oxygens (including phenoxy) is 2. The quantitative estimate of drug-likeness (QED) is 0.824. The van der Waals surface area contributed by atoms with Gasteiger partial charge in [0.1, 0.15) is 0 Å². The number of carbonyl (C=O) groups is 1. The van der Waals surface area contributed by atoms with Gasteiger partial charge < -0.3 is 9.47 Å². The van der Waals surface area contributed by atoms with Crippen LogP contribution in [-0.2, 0) is 4.79 Å². The van der Waals surface area contributed by atoms with Crippen LogP contribution in [0.25, 0.3) is 0 Å². The first-order valence-electron chi connectivity index (χ1n) is 6.11. The highest BCUT2D eigenvalue weighted by Crippen LogP contribution is 2.33. The molecule has 1 aromatic rings. The van der Waals surface area contributed by atoms with Crippen LogP contribution in [0.15, 0.2) is 12.1 Å². The Morgan fingerprint density at radius 2 is 1.74 bits per heavy atom. The zero-order chi connectivity index (χ0) is 14.6. The molecular weight excluding hydrogens is 244 g/mol. The van der Waals surface area contributed by atoms with Crippen molar-refractivity contribution in [2.75, 3.05) is 28.3 Å². The highest BCUT2D eigenvalue weighted by molar-refractivity contribution is 5.83. The predicted octanol–water partition coefficient (Wildman–Crippen LogP) is 1.71. The first kappa shape index (κ1) is 15.3. The summed E-state index contributed by atoms with van der Waals surface area (Å²) in [5.41, 5.74) is 4.68. The Labute approximate surface area is 114 Å². The maximum atomic E-state index is 12.0. The number of benzene rings is 1. The van der Waals surface area contributed by atoms with Crippen LogP contribution < -0.4 is 14.9 Å². The molecule has 19 heavy (non-hydrogen) atoms. The van der Waals surface area contributed by atoms with E-state index in [0.29, 0.717) is 11.5 Å². The molecule has 1 rings (SSSR count). The molecule has 1 amide bonds. The van der Waals surface area contributed by atoms with Gasteiger partial charge in [0.25, 0.3) is 0 Å².